The minimum absolute atomic E-state index is 0.501. The molecule has 0 N–H and O–H groups in total. The van der Waals surface area contributed by atoms with Crippen LogP contribution >= 0.6 is 15.9 Å². The van der Waals surface area contributed by atoms with Gasteiger partial charge in [0.15, 0.2) is 0 Å². The fraction of sp³-hybridized carbons (Fsp3) is 0.308. The molecule has 0 radical (unpaired) electrons. The van der Waals surface area contributed by atoms with Crippen LogP contribution in [0.25, 0.3) is 0 Å². The van der Waals surface area contributed by atoms with Gasteiger partial charge in [0.2, 0.25) is 5.88 Å². The molecular formula is C13H12BrN3O. The lowest BCUT2D eigenvalue weighted by atomic mass is 10.4. The Morgan fingerprint density at radius 3 is 2.78 bits per heavy atom. The predicted octanol–water partition coefficient (Wildman–Crippen LogP) is 3.61. The number of nitrogens with zero attached hydrogens (tertiary/aromatic N) is 3. The molecule has 3 rings (SSSR count). The maximum atomic E-state index is 5.69. The fourth-order valence-corrected chi connectivity index (χ4v) is 2.00. The number of ether oxygens (including phenoxy) is 1. The van der Waals surface area contributed by atoms with E-state index < -0.39 is 0 Å². The van der Waals surface area contributed by atoms with Crippen LogP contribution in [0.3, 0.4) is 0 Å². The summed E-state index contributed by atoms with van der Waals surface area (Å²) in [4.78, 5) is 13.0. The van der Waals surface area contributed by atoms with Crippen molar-refractivity contribution < 1.29 is 4.74 Å². The van der Waals surface area contributed by atoms with E-state index in [1.54, 1.807) is 12.3 Å². The van der Waals surface area contributed by atoms with Crippen molar-refractivity contribution in [2.24, 2.45) is 0 Å². The second-order valence-electron chi connectivity index (χ2n) is 4.40. The van der Waals surface area contributed by atoms with Gasteiger partial charge in [0, 0.05) is 17.7 Å². The Labute approximate surface area is 114 Å². The minimum Gasteiger partial charge on any atom is -0.437 e. The van der Waals surface area contributed by atoms with Crippen molar-refractivity contribution in [1.82, 2.24) is 15.0 Å². The largest absolute Gasteiger partial charge is 0.437 e. The molecule has 0 bridgehead atoms. The molecule has 1 saturated carbocycles. The van der Waals surface area contributed by atoms with Gasteiger partial charge in [-0.05, 0) is 47.8 Å². The van der Waals surface area contributed by atoms with E-state index in [1.807, 2.05) is 19.1 Å². The van der Waals surface area contributed by atoms with Gasteiger partial charge in [-0.1, -0.05) is 0 Å². The number of halogens is 1. The second kappa shape index (κ2) is 4.65. The third-order valence-corrected chi connectivity index (χ3v) is 3.14. The molecule has 0 atom stereocenters. The van der Waals surface area contributed by atoms with Crippen molar-refractivity contribution in [2.75, 3.05) is 0 Å². The molecule has 0 amide bonds. The van der Waals surface area contributed by atoms with Crippen LogP contribution in [-0.4, -0.2) is 15.0 Å². The van der Waals surface area contributed by atoms with Crippen LogP contribution in [0.1, 0.15) is 30.3 Å². The Hall–Kier alpha value is -1.49. The number of pyridine rings is 1. The molecule has 0 aliphatic heterocycles. The first kappa shape index (κ1) is 11.6. The molecule has 0 unspecified atom stereocenters. The molecule has 4 nitrogen and oxygen atoms in total. The topological polar surface area (TPSA) is 47.9 Å². The van der Waals surface area contributed by atoms with Crippen molar-refractivity contribution in [3.05, 3.63) is 40.5 Å². The maximum absolute atomic E-state index is 5.69. The zero-order valence-electron chi connectivity index (χ0n) is 9.93. The monoisotopic (exact) mass is 305 g/mol. The second-order valence-corrected chi connectivity index (χ2v) is 5.21. The Morgan fingerprint density at radius 2 is 2.11 bits per heavy atom. The van der Waals surface area contributed by atoms with E-state index in [-0.39, 0.29) is 0 Å². The predicted molar refractivity (Wildman–Crippen MR) is 70.8 cm³/mol. The lowest BCUT2D eigenvalue weighted by Gasteiger charge is -2.06. The number of aryl methyl sites for hydroxylation is 1. The molecule has 2 aromatic heterocycles. The smallest absolute Gasteiger partial charge is 0.223 e. The Morgan fingerprint density at radius 1 is 1.28 bits per heavy atom. The third-order valence-electron chi connectivity index (χ3n) is 2.74. The Balaban J connectivity index is 1.85. The van der Waals surface area contributed by atoms with Crippen molar-refractivity contribution >= 4 is 15.9 Å². The minimum atomic E-state index is 0.501. The molecule has 0 spiro atoms. The van der Waals surface area contributed by atoms with Gasteiger partial charge in [0.05, 0.1) is 6.20 Å². The van der Waals surface area contributed by atoms with Crippen LogP contribution in [0.2, 0.25) is 0 Å². The summed E-state index contributed by atoms with van der Waals surface area (Å²) in [5.74, 6) is 2.61. The van der Waals surface area contributed by atoms with Crippen LogP contribution in [0.5, 0.6) is 11.6 Å². The molecule has 0 aromatic carbocycles. The standard InChI is InChI=1S/C13H12BrN3O/c1-8-2-5-10(7-15-8)18-12-6-11(14)16-13(17-12)9-3-4-9/h2,5-7,9H,3-4H2,1H3. The summed E-state index contributed by atoms with van der Waals surface area (Å²) in [6.45, 7) is 1.94. The summed E-state index contributed by atoms with van der Waals surface area (Å²) in [7, 11) is 0. The molecule has 1 aliphatic carbocycles. The molecule has 0 saturated heterocycles. The quantitative estimate of drug-likeness (QED) is 0.813. The van der Waals surface area contributed by atoms with E-state index in [0.717, 1.165) is 16.1 Å². The highest BCUT2D eigenvalue weighted by atomic mass is 79.9. The van der Waals surface area contributed by atoms with Crippen LogP contribution in [0.4, 0.5) is 0 Å². The zero-order valence-corrected chi connectivity index (χ0v) is 11.5. The molecule has 18 heavy (non-hydrogen) atoms. The van der Waals surface area contributed by atoms with Crippen molar-refractivity contribution in [2.45, 2.75) is 25.7 Å². The van der Waals surface area contributed by atoms with Crippen LogP contribution < -0.4 is 4.74 Å². The SMILES string of the molecule is Cc1ccc(Oc2cc(Br)nc(C3CC3)n2)cn1. The average Bonchev–Trinajstić information content (AvgIpc) is 3.15. The van der Waals surface area contributed by atoms with Gasteiger partial charge >= 0.3 is 0 Å². The number of hydrogen-bond donors (Lipinski definition) is 0. The molecule has 92 valence electrons. The fourth-order valence-electron chi connectivity index (χ4n) is 1.63. The Bertz CT molecular complexity index is 567. The van der Waals surface area contributed by atoms with Crippen LogP contribution in [-0.2, 0) is 0 Å². The van der Waals surface area contributed by atoms with Crippen molar-refractivity contribution in [3.8, 4) is 11.6 Å². The summed E-state index contributed by atoms with van der Waals surface area (Å²) >= 11 is 3.39. The first-order valence-corrected chi connectivity index (χ1v) is 6.65. The first-order valence-electron chi connectivity index (χ1n) is 5.86. The van der Waals surface area contributed by atoms with E-state index >= 15 is 0 Å². The van der Waals surface area contributed by atoms with Crippen molar-refractivity contribution in [3.63, 3.8) is 0 Å². The lowest BCUT2D eigenvalue weighted by molar-refractivity contribution is 0.455. The molecule has 1 aliphatic rings. The normalized spacial score (nSPS) is 14.6. The van der Waals surface area contributed by atoms with E-state index in [1.165, 1.54) is 12.8 Å². The van der Waals surface area contributed by atoms with E-state index in [0.29, 0.717) is 17.5 Å². The van der Waals surface area contributed by atoms with Gasteiger partial charge in [-0.2, -0.15) is 4.98 Å². The van der Waals surface area contributed by atoms with E-state index in [2.05, 4.69) is 30.9 Å². The number of hydrogen-bond acceptors (Lipinski definition) is 4. The number of aromatic nitrogens is 3. The Kier molecular flexibility index (Phi) is 2.99. The first-order chi connectivity index (χ1) is 8.70. The zero-order chi connectivity index (χ0) is 12.5. The van der Waals surface area contributed by atoms with E-state index in [4.69, 9.17) is 4.74 Å². The molecule has 2 heterocycles. The average molecular weight is 306 g/mol. The lowest BCUT2D eigenvalue weighted by Crippen LogP contribution is -1.96. The number of rotatable bonds is 3. The molecule has 1 fully saturated rings. The summed E-state index contributed by atoms with van der Waals surface area (Å²) in [6.07, 6.45) is 4.03. The summed E-state index contributed by atoms with van der Waals surface area (Å²) in [5.41, 5.74) is 0.963. The van der Waals surface area contributed by atoms with Gasteiger partial charge in [-0.3, -0.25) is 4.98 Å². The summed E-state index contributed by atoms with van der Waals surface area (Å²) in [5, 5.41) is 0. The van der Waals surface area contributed by atoms with Crippen LogP contribution in [0, 0.1) is 6.92 Å². The maximum Gasteiger partial charge on any atom is 0.223 e. The van der Waals surface area contributed by atoms with Crippen LogP contribution in [0.15, 0.2) is 29.0 Å². The molecular weight excluding hydrogens is 294 g/mol. The van der Waals surface area contributed by atoms with Gasteiger partial charge in [-0.25, -0.2) is 4.98 Å². The highest BCUT2D eigenvalue weighted by Crippen LogP contribution is 2.39. The highest BCUT2D eigenvalue weighted by molar-refractivity contribution is 9.10. The highest BCUT2D eigenvalue weighted by Gasteiger charge is 2.27. The van der Waals surface area contributed by atoms with Gasteiger partial charge < -0.3 is 4.74 Å². The van der Waals surface area contributed by atoms with Gasteiger partial charge in [-0.15, -0.1) is 0 Å². The molecule has 2 aromatic rings. The molecule has 5 heteroatoms. The summed E-state index contributed by atoms with van der Waals surface area (Å²) < 4.78 is 6.45. The van der Waals surface area contributed by atoms with Gasteiger partial charge in [0.25, 0.3) is 0 Å². The van der Waals surface area contributed by atoms with E-state index in [9.17, 15) is 0 Å². The van der Waals surface area contributed by atoms with Crippen molar-refractivity contribution in [1.29, 1.82) is 0 Å². The van der Waals surface area contributed by atoms with Gasteiger partial charge in [0.1, 0.15) is 16.2 Å². The third kappa shape index (κ3) is 2.67. The summed E-state index contributed by atoms with van der Waals surface area (Å²) in [6, 6.07) is 5.56.